The predicted molar refractivity (Wildman–Crippen MR) is 49.2 cm³/mol. The molecular formula is C9H16F2N2O. The molecule has 1 rings (SSSR count). The molecule has 1 aliphatic rings. The quantitative estimate of drug-likeness (QED) is 0.700. The summed E-state index contributed by atoms with van der Waals surface area (Å²) in [6.45, 7) is 3.60. The Hall–Kier alpha value is -0.710. The number of nitrogens with one attached hydrogen (secondary N) is 2. The van der Waals surface area contributed by atoms with Crippen LogP contribution in [0.4, 0.5) is 8.78 Å². The van der Waals surface area contributed by atoms with E-state index in [2.05, 4.69) is 10.6 Å². The molecule has 1 saturated heterocycles. The standard InChI is InChI=1S/C9H16F2N2O/c1-6(2)13-8(14)7-3-4-12-5-9(7,10)11/h6-7,12H,3-5H2,1-2H3,(H,13,14). The van der Waals surface area contributed by atoms with Gasteiger partial charge in [-0.25, -0.2) is 8.78 Å². The molecule has 0 saturated carbocycles. The summed E-state index contributed by atoms with van der Waals surface area (Å²) in [5.41, 5.74) is 0. The lowest BCUT2D eigenvalue weighted by molar-refractivity contribution is -0.143. The molecule has 14 heavy (non-hydrogen) atoms. The minimum atomic E-state index is -2.92. The van der Waals surface area contributed by atoms with Crippen LogP contribution in [0.5, 0.6) is 0 Å². The van der Waals surface area contributed by atoms with Crippen molar-refractivity contribution in [2.75, 3.05) is 13.1 Å². The van der Waals surface area contributed by atoms with E-state index in [9.17, 15) is 13.6 Å². The third-order valence-electron chi connectivity index (χ3n) is 2.23. The van der Waals surface area contributed by atoms with Gasteiger partial charge in [-0.1, -0.05) is 0 Å². The molecule has 0 aromatic heterocycles. The van der Waals surface area contributed by atoms with Gasteiger partial charge in [0.1, 0.15) is 5.92 Å². The molecular weight excluding hydrogens is 190 g/mol. The van der Waals surface area contributed by atoms with Crippen LogP contribution >= 0.6 is 0 Å². The third kappa shape index (κ3) is 2.64. The Morgan fingerprint density at radius 3 is 2.71 bits per heavy atom. The van der Waals surface area contributed by atoms with Crippen LogP contribution in [0.2, 0.25) is 0 Å². The normalized spacial score (nSPS) is 26.2. The predicted octanol–water partition coefficient (Wildman–Crippen LogP) is 0.756. The van der Waals surface area contributed by atoms with Crippen molar-refractivity contribution in [3.8, 4) is 0 Å². The van der Waals surface area contributed by atoms with Crippen molar-refractivity contribution in [2.45, 2.75) is 32.2 Å². The number of hydrogen-bond donors (Lipinski definition) is 2. The molecule has 1 atom stereocenters. The van der Waals surface area contributed by atoms with Crippen molar-refractivity contribution >= 4 is 5.91 Å². The zero-order valence-electron chi connectivity index (χ0n) is 8.44. The molecule has 82 valence electrons. The highest BCUT2D eigenvalue weighted by atomic mass is 19.3. The van der Waals surface area contributed by atoms with Gasteiger partial charge in [0.25, 0.3) is 5.92 Å². The molecule has 1 heterocycles. The second-order valence-corrected chi connectivity index (χ2v) is 3.94. The van der Waals surface area contributed by atoms with E-state index in [1.165, 1.54) is 0 Å². The smallest absolute Gasteiger partial charge is 0.271 e. The molecule has 1 unspecified atom stereocenters. The summed E-state index contributed by atoms with van der Waals surface area (Å²) in [6, 6.07) is -0.0896. The first kappa shape index (κ1) is 11.4. The lowest BCUT2D eigenvalue weighted by atomic mass is 9.93. The van der Waals surface area contributed by atoms with Gasteiger partial charge in [-0.05, 0) is 26.8 Å². The number of alkyl halides is 2. The van der Waals surface area contributed by atoms with E-state index in [4.69, 9.17) is 0 Å². The van der Waals surface area contributed by atoms with E-state index < -0.39 is 24.3 Å². The first-order valence-electron chi connectivity index (χ1n) is 4.82. The summed E-state index contributed by atoms with van der Waals surface area (Å²) in [5, 5.41) is 5.10. The molecule has 0 aromatic carbocycles. The van der Waals surface area contributed by atoms with Crippen LogP contribution in [0.1, 0.15) is 20.3 Å². The molecule has 1 amide bonds. The van der Waals surface area contributed by atoms with E-state index in [0.717, 1.165) is 0 Å². The average Bonchev–Trinajstić information content (AvgIpc) is 2.01. The van der Waals surface area contributed by atoms with Gasteiger partial charge in [0.05, 0.1) is 6.54 Å². The lowest BCUT2D eigenvalue weighted by Crippen LogP contribution is -2.53. The molecule has 0 radical (unpaired) electrons. The minimum Gasteiger partial charge on any atom is -0.353 e. The van der Waals surface area contributed by atoms with E-state index in [1.807, 2.05) is 0 Å². The van der Waals surface area contributed by atoms with Gasteiger partial charge in [0.2, 0.25) is 5.91 Å². The molecule has 1 aliphatic heterocycles. The number of amides is 1. The Bertz CT molecular complexity index is 219. The van der Waals surface area contributed by atoms with Crippen LogP contribution in [0.25, 0.3) is 0 Å². The van der Waals surface area contributed by atoms with Crippen molar-refractivity contribution in [1.29, 1.82) is 0 Å². The second kappa shape index (κ2) is 4.21. The second-order valence-electron chi connectivity index (χ2n) is 3.94. The van der Waals surface area contributed by atoms with Gasteiger partial charge in [-0.3, -0.25) is 4.79 Å². The monoisotopic (exact) mass is 206 g/mol. The van der Waals surface area contributed by atoms with Crippen molar-refractivity contribution in [2.24, 2.45) is 5.92 Å². The SMILES string of the molecule is CC(C)NC(=O)C1CCNCC1(F)F. The molecule has 2 N–H and O–H groups in total. The van der Waals surface area contributed by atoms with E-state index in [1.54, 1.807) is 13.8 Å². The fourth-order valence-corrected chi connectivity index (χ4v) is 1.54. The fraction of sp³-hybridized carbons (Fsp3) is 0.889. The molecule has 5 heteroatoms. The highest BCUT2D eigenvalue weighted by Crippen LogP contribution is 2.29. The van der Waals surface area contributed by atoms with Gasteiger partial charge >= 0.3 is 0 Å². The summed E-state index contributed by atoms with van der Waals surface area (Å²) in [4.78, 5) is 11.4. The van der Waals surface area contributed by atoms with Gasteiger partial charge in [0.15, 0.2) is 0 Å². The van der Waals surface area contributed by atoms with Crippen molar-refractivity contribution in [3.05, 3.63) is 0 Å². The van der Waals surface area contributed by atoms with Crippen LogP contribution in [0.15, 0.2) is 0 Å². The topological polar surface area (TPSA) is 41.1 Å². The number of carbonyl (C=O) groups excluding carboxylic acids is 1. The van der Waals surface area contributed by atoms with Gasteiger partial charge in [-0.15, -0.1) is 0 Å². The van der Waals surface area contributed by atoms with Gasteiger partial charge in [0, 0.05) is 6.04 Å². The molecule has 3 nitrogen and oxygen atoms in total. The minimum absolute atomic E-state index is 0.0896. The maximum absolute atomic E-state index is 13.2. The molecule has 0 spiro atoms. The van der Waals surface area contributed by atoms with Crippen molar-refractivity contribution < 1.29 is 13.6 Å². The maximum Gasteiger partial charge on any atom is 0.271 e. The van der Waals surface area contributed by atoms with E-state index in [-0.39, 0.29) is 12.5 Å². The highest BCUT2D eigenvalue weighted by molar-refractivity contribution is 5.80. The molecule has 0 bridgehead atoms. The van der Waals surface area contributed by atoms with Crippen LogP contribution in [0, 0.1) is 5.92 Å². The number of hydrogen-bond acceptors (Lipinski definition) is 2. The third-order valence-corrected chi connectivity index (χ3v) is 2.23. The van der Waals surface area contributed by atoms with Crippen molar-refractivity contribution in [3.63, 3.8) is 0 Å². The zero-order chi connectivity index (χ0) is 10.8. The number of piperidine rings is 1. The van der Waals surface area contributed by atoms with Gasteiger partial charge in [-0.2, -0.15) is 0 Å². The summed E-state index contributed by atoms with van der Waals surface area (Å²) in [7, 11) is 0. The largest absolute Gasteiger partial charge is 0.353 e. The maximum atomic E-state index is 13.2. The van der Waals surface area contributed by atoms with E-state index >= 15 is 0 Å². The number of halogens is 2. The Kier molecular flexibility index (Phi) is 3.42. The van der Waals surface area contributed by atoms with Crippen LogP contribution < -0.4 is 10.6 Å². The number of rotatable bonds is 2. The van der Waals surface area contributed by atoms with E-state index in [0.29, 0.717) is 6.54 Å². The average molecular weight is 206 g/mol. The van der Waals surface area contributed by atoms with Crippen LogP contribution in [0.3, 0.4) is 0 Å². The zero-order valence-corrected chi connectivity index (χ0v) is 8.44. The Morgan fingerprint density at radius 2 is 2.21 bits per heavy atom. The summed E-state index contributed by atoms with van der Waals surface area (Å²) >= 11 is 0. The van der Waals surface area contributed by atoms with Crippen molar-refractivity contribution in [1.82, 2.24) is 10.6 Å². The van der Waals surface area contributed by atoms with Crippen LogP contribution in [-0.4, -0.2) is 31.0 Å². The summed E-state index contributed by atoms with van der Waals surface area (Å²) in [6.07, 6.45) is 0.200. The van der Waals surface area contributed by atoms with Crippen LogP contribution in [-0.2, 0) is 4.79 Å². The molecule has 1 fully saturated rings. The lowest BCUT2D eigenvalue weighted by Gasteiger charge is -2.31. The number of carbonyl (C=O) groups is 1. The Labute approximate surface area is 82.2 Å². The summed E-state index contributed by atoms with van der Waals surface area (Å²) in [5.74, 6) is -4.63. The highest BCUT2D eigenvalue weighted by Gasteiger charge is 2.45. The van der Waals surface area contributed by atoms with Gasteiger partial charge < -0.3 is 10.6 Å². The molecule has 0 aromatic rings. The Balaban J connectivity index is 2.60. The molecule has 0 aliphatic carbocycles. The Morgan fingerprint density at radius 1 is 1.57 bits per heavy atom. The first-order chi connectivity index (χ1) is 6.43. The first-order valence-corrected chi connectivity index (χ1v) is 4.82. The fourth-order valence-electron chi connectivity index (χ4n) is 1.54. The summed E-state index contributed by atoms with van der Waals surface area (Å²) < 4.78 is 26.5.